The molecule has 0 heterocycles. The van der Waals surface area contributed by atoms with Crippen molar-refractivity contribution in [3.05, 3.63) is 53.6 Å². The van der Waals surface area contributed by atoms with Gasteiger partial charge in [-0.15, -0.1) is 0 Å². The Hall–Kier alpha value is -2.43. The summed E-state index contributed by atoms with van der Waals surface area (Å²) in [6, 6.07) is 6.71. The standard InChI is InChI=1S/C13H8F2O3/c14-10-5-9(16)6-11(15)12(10)7-1-3-8(4-2-7)13(17)18/h1-6,16H,(H,17,18). The number of hydrogen-bond acceptors (Lipinski definition) is 2. The Labute approximate surface area is 101 Å². The quantitative estimate of drug-likeness (QED) is 0.861. The van der Waals surface area contributed by atoms with Gasteiger partial charge in [0.1, 0.15) is 17.4 Å². The third-order valence-electron chi connectivity index (χ3n) is 2.45. The molecular weight excluding hydrogens is 242 g/mol. The van der Waals surface area contributed by atoms with Crippen molar-refractivity contribution in [3.63, 3.8) is 0 Å². The molecule has 2 rings (SSSR count). The van der Waals surface area contributed by atoms with Crippen molar-refractivity contribution in [2.45, 2.75) is 0 Å². The monoisotopic (exact) mass is 250 g/mol. The Morgan fingerprint density at radius 2 is 1.50 bits per heavy atom. The maximum atomic E-state index is 13.5. The molecule has 92 valence electrons. The molecule has 2 aromatic carbocycles. The second-order valence-electron chi connectivity index (χ2n) is 3.67. The summed E-state index contributed by atoms with van der Waals surface area (Å²) in [7, 11) is 0. The predicted octanol–water partition coefficient (Wildman–Crippen LogP) is 3.04. The van der Waals surface area contributed by atoms with E-state index < -0.39 is 23.4 Å². The number of benzene rings is 2. The smallest absolute Gasteiger partial charge is 0.335 e. The van der Waals surface area contributed by atoms with E-state index in [4.69, 9.17) is 10.2 Å². The molecule has 0 fully saturated rings. The summed E-state index contributed by atoms with van der Waals surface area (Å²) in [5.74, 6) is -3.43. The number of hydrogen-bond donors (Lipinski definition) is 2. The molecule has 0 aliphatic rings. The van der Waals surface area contributed by atoms with E-state index in [-0.39, 0.29) is 16.7 Å². The average molecular weight is 250 g/mol. The normalized spacial score (nSPS) is 10.3. The lowest BCUT2D eigenvalue weighted by atomic mass is 10.0. The molecule has 0 aliphatic carbocycles. The van der Waals surface area contributed by atoms with E-state index in [9.17, 15) is 13.6 Å². The topological polar surface area (TPSA) is 57.5 Å². The summed E-state index contributed by atoms with van der Waals surface area (Å²) in [6.45, 7) is 0. The number of phenolic OH excluding ortho intramolecular Hbond substituents is 1. The van der Waals surface area contributed by atoms with Crippen LogP contribution in [-0.4, -0.2) is 16.2 Å². The summed E-state index contributed by atoms with van der Waals surface area (Å²) in [5.41, 5.74) is -0.0712. The van der Waals surface area contributed by atoms with Gasteiger partial charge in [-0.1, -0.05) is 12.1 Å². The van der Waals surface area contributed by atoms with Crippen molar-refractivity contribution in [1.82, 2.24) is 0 Å². The van der Waals surface area contributed by atoms with Gasteiger partial charge in [0.25, 0.3) is 0 Å². The molecule has 0 saturated carbocycles. The molecule has 0 aromatic heterocycles. The van der Waals surface area contributed by atoms with Gasteiger partial charge in [0, 0.05) is 12.1 Å². The Morgan fingerprint density at radius 1 is 1.00 bits per heavy atom. The van der Waals surface area contributed by atoms with Gasteiger partial charge < -0.3 is 10.2 Å². The van der Waals surface area contributed by atoms with Crippen LogP contribution in [0.3, 0.4) is 0 Å². The number of carboxylic acids is 1. The third kappa shape index (κ3) is 2.15. The summed E-state index contributed by atoms with van der Waals surface area (Å²) < 4.78 is 27.1. The van der Waals surface area contributed by atoms with Gasteiger partial charge in [-0.05, 0) is 17.7 Å². The Kier molecular flexibility index (Phi) is 2.97. The summed E-state index contributed by atoms with van der Waals surface area (Å²) in [6.07, 6.45) is 0. The van der Waals surface area contributed by atoms with E-state index in [0.29, 0.717) is 0 Å². The van der Waals surface area contributed by atoms with E-state index in [1.807, 2.05) is 0 Å². The van der Waals surface area contributed by atoms with Gasteiger partial charge in [0.15, 0.2) is 0 Å². The van der Waals surface area contributed by atoms with Crippen LogP contribution in [0.1, 0.15) is 10.4 Å². The van der Waals surface area contributed by atoms with Crippen molar-refractivity contribution in [2.24, 2.45) is 0 Å². The van der Waals surface area contributed by atoms with Crippen LogP contribution in [0.4, 0.5) is 8.78 Å². The molecule has 0 bridgehead atoms. The van der Waals surface area contributed by atoms with Gasteiger partial charge in [-0.2, -0.15) is 0 Å². The first-order valence-corrected chi connectivity index (χ1v) is 5.01. The molecular formula is C13H8F2O3. The molecule has 5 heteroatoms. The number of carbonyl (C=O) groups is 1. The maximum absolute atomic E-state index is 13.5. The molecule has 0 unspecified atom stereocenters. The Bertz CT molecular complexity index is 583. The minimum atomic E-state index is -1.12. The van der Waals surface area contributed by atoms with Crippen LogP contribution in [-0.2, 0) is 0 Å². The zero-order chi connectivity index (χ0) is 13.3. The third-order valence-corrected chi connectivity index (χ3v) is 2.45. The maximum Gasteiger partial charge on any atom is 0.335 e. The highest BCUT2D eigenvalue weighted by atomic mass is 19.1. The number of aromatic hydroxyl groups is 1. The highest BCUT2D eigenvalue weighted by Gasteiger charge is 2.13. The number of phenols is 1. The molecule has 0 aliphatic heterocycles. The summed E-state index contributed by atoms with van der Waals surface area (Å²) >= 11 is 0. The number of aromatic carboxylic acids is 1. The van der Waals surface area contributed by atoms with Crippen LogP contribution in [0.2, 0.25) is 0 Å². The lowest BCUT2D eigenvalue weighted by Crippen LogP contribution is -1.96. The van der Waals surface area contributed by atoms with Crippen LogP contribution >= 0.6 is 0 Å². The van der Waals surface area contributed by atoms with E-state index in [1.54, 1.807) is 0 Å². The molecule has 0 saturated heterocycles. The average Bonchev–Trinajstić information content (AvgIpc) is 2.28. The first-order valence-electron chi connectivity index (χ1n) is 5.01. The number of carboxylic acid groups (broad SMARTS) is 1. The lowest BCUT2D eigenvalue weighted by molar-refractivity contribution is 0.0697. The van der Waals surface area contributed by atoms with Crippen LogP contribution in [0.15, 0.2) is 36.4 Å². The van der Waals surface area contributed by atoms with Crippen LogP contribution in [0, 0.1) is 11.6 Å². The lowest BCUT2D eigenvalue weighted by Gasteiger charge is -2.06. The minimum absolute atomic E-state index is 0.0262. The number of halogens is 2. The molecule has 2 N–H and O–H groups in total. The Morgan fingerprint density at radius 3 is 1.94 bits per heavy atom. The fraction of sp³-hybridized carbons (Fsp3) is 0. The van der Waals surface area contributed by atoms with Crippen molar-refractivity contribution in [1.29, 1.82) is 0 Å². The van der Waals surface area contributed by atoms with Crippen molar-refractivity contribution in [3.8, 4) is 16.9 Å². The van der Waals surface area contributed by atoms with E-state index in [0.717, 1.165) is 12.1 Å². The highest BCUT2D eigenvalue weighted by Crippen LogP contribution is 2.29. The minimum Gasteiger partial charge on any atom is -0.508 e. The van der Waals surface area contributed by atoms with Crippen molar-refractivity contribution >= 4 is 5.97 Å². The molecule has 0 radical (unpaired) electrons. The van der Waals surface area contributed by atoms with Crippen LogP contribution in [0.25, 0.3) is 11.1 Å². The van der Waals surface area contributed by atoms with Crippen LogP contribution < -0.4 is 0 Å². The number of rotatable bonds is 2. The van der Waals surface area contributed by atoms with Crippen LogP contribution in [0.5, 0.6) is 5.75 Å². The molecule has 0 amide bonds. The predicted molar refractivity (Wildman–Crippen MR) is 60.4 cm³/mol. The zero-order valence-corrected chi connectivity index (χ0v) is 9.02. The SMILES string of the molecule is O=C(O)c1ccc(-c2c(F)cc(O)cc2F)cc1. The first kappa shape index (κ1) is 12.0. The van der Waals surface area contributed by atoms with E-state index >= 15 is 0 Å². The molecule has 0 atom stereocenters. The van der Waals surface area contributed by atoms with Gasteiger partial charge >= 0.3 is 5.97 Å². The van der Waals surface area contributed by atoms with Crippen molar-refractivity contribution in [2.75, 3.05) is 0 Å². The van der Waals surface area contributed by atoms with E-state index in [1.165, 1.54) is 24.3 Å². The van der Waals surface area contributed by atoms with Gasteiger partial charge in [-0.25, -0.2) is 13.6 Å². The van der Waals surface area contributed by atoms with Gasteiger partial charge in [-0.3, -0.25) is 0 Å². The second kappa shape index (κ2) is 4.44. The molecule has 2 aromatic rings. The van der Waals surface area contributed by atoms with E-state index in [2.05, 4.69) is 0 Å². The fourth-order valence-electron chi connectivity index (χ4n) is 1.62. The molecule has 18 heavy (non-hydrogen) atoms. The van der Waals surface area contributed by atoms with Crippen molar-refractivity contribution < 1.29 is 23.8 Å². The van der Waals surface area contributed by atoms with Gasteiger partial charge in [0.2, 0.25) is 0 Å². The largest absolute Gasteiger partial charge is 0.508 e. The fourth-order valence-corrected chi connectivity index (χ4v) is 1.62. The zero-order valence-electron chi connectivity index (χ0n) is 9.02. The first-order chi connectivity index (χ1) is 8.49. The second-order valence-corrected chi connectivity index (χ2v) is 3.67. The molecule has 3 nitrogen and oxygen atoms in total. The Balaban J connectivity index is 2.52. The summed E-state index contributed by atoms with van der Waals surface area (Å²) in [4.78, 5) is 10.6. The molecule has 0 spiro atoms. The van der Waals surface area contributed by atoms with Gasteiger partial charge in [0.05, 0.1) is 11.1 Å². The highest BCUT2D eigenvalue weighted by molar-refractivity contribution is 5.88. The summed E-state index contributed by atoms with van der Waals surface area (Å²) in [5, 5.41) is 17.7.